The Kier molecular flexibility index (Phi) is 7.68. The van der Waals surface area contributed by atoms with Crippen LogP contribution in [-0.4, -0.2) is 87.7 Å². The molecule has 0 unspecified atom stereocenters. The van der Waals surface area contributed by atoms with Gasteiger partial charge >= 0.3 is 0 Å². The van der Waals surface area contributed by atoms with Gasteiger partial charge in [-0.3, -0.25) is 9.80 Å². The molecular weight excluding hydrogens is 280 g/mol. The molecule has 0 bridgehead atoms. The van der Waals surface area contributed by atoms with Crippen LogP contribution in [0.25, 0.3) is 0 Å². The summed E-state index contributed by atoms with van der Waals surface area (Å²) < 4.78 is 0. The average Bonchev–Trinajstić information content (AvgIpc) is 2.99. The van der Waals surface area contributed by atoms with E-state index in [1.54, 1.807) is 0 Å². The number of thiophene rings is 1. The van der Waals surface area contributed by atoms with Gasteiger partial charge in [-0.15, -0.1) is 11.3 Å². The van der Waals surface area contributed by atoms with Crippen LogP contribution in [0.3, 0.4) is 0 Å². The lowest BCUT2D eigenvalue weighted by molar-refractivity contribution is 0.126. The maximum absolute atomic E-state index is 3.57. The molecule has 1 aromatic rings. The molecule has 4 nitrogen and oxygen atoms in total. The first-order valence-electron chi connectivity index (χ1n) is 8.06. The summed E-state index contributed by atoms with van der Waals surface area (Å²) in [5, 5.41) is 5.72. The molecule has 0 aromatic carbocycles. The lowest BCUT2D eigenvalue weighted by Crippen LogP contribution is -2.49. The molecule has 0 aliphatic carbocycles. The van der Waals surface area contributed by atoms with Crippen molar-refractivity contribution in [2.45, 2.75) is 6.42 Å². The molecule has 1 saturated heterocycles. The van der Waals surface area contributed by atoms with E-state index in [1.165, 1.54) is 50.7 Å². The number of nitrogens with one attached hydrogen (secondary N) is 1. The van der Waals surface area contributed by atoms with Crippen molar-refractivity contribution in [1.29, 1.82) is 0 Å². The highest BCUT2D eigenvalue weighted by Crippen LogP contribution is 2.08. The maximum atomic E-state index is 3.57. The van der Waals surface area contributed by atoms with E-state index in [2.05, 4.69) is 51.6 Å². The Balaban J connectivity index is 1.47. The average molecular weight is 311 g/mol. The SMILES string of the molecule is CN(C)CCN1CCN(CCNCCc2cccs2)CC1. The first kappa shape index (κ1) is 16.9. The number of rotatable bonds is 9. The third-order valence-electron chi connectivity index (χ3n) is 4.06. The number of hydrogen-bond acceptors (Lipinski definition) is 5. The standard InChI is InChI=1S/C16H30N4S/c1-18(2)9-10-20-13-11-19(12-14-20)8-7-17-6-5-16-4-3-15-21-16/h3-4,15,17H,5-14H2,1-2H3. The second-order valence-electron chi connectivity index (χ2n) is 6.07. The molecule has 2 heterocycles. The Morgan fingerprint density at radius 2 is 1.81 bits per heavy atom. The first-order chi connectivity index (χ1) is 10.2. The van der Waals surface area contributed by atoms with Gasteiger partial charge < -0.3 is 10.2 Å². The van der Waals surface area contributed by atoms with Crippen LogP contribution in [0, 0.1) is 0 Å². The van der Waals surface area contributed by atoms with E-state index >= 15 is 0 Å². The van der Waals surface area contributed by atoms with Crippen molar-refractivity contribution in [3.8, 4) is 0 Å². The van der Waals surface area contributed by atoms with Crippen molar-refractivity contribution < 1.29 is 0 Å². The van der Waals surface area contributed by atoms with E-state index in [0.717, 1.165) is 19.5 Å². The summed E-state index contributed by atoms with van der Waals surface area (Å²) in [7, 11) is 4.30. The molecule has 0 saturated carbocycles. The van der Waals surface area contributed by atoms with Gasteiger partial charge in [0.2, 0.25) is 0 Å². The van der Waals surface area contributed by atoms with E-state index in [1.807, 2.05) is 11.3 Å². The van der Waals surface area contributed by atoms with Crippen LogP contribution in [0.2, 0.25) is 0 Å². The van der Waals surface area contributed by atoms with Crippen LogP contribution in [0.5, 0.6) is 0 Å². The van der Waals surface area contributed by atoms with Crippen LogP contribution in [0.1, 0.15) is 4.88 Å². The van der Waals surface area contributed by atoms with Crippen molar-refractivity contribution in [1.82, 2.24) is 20.0 Å². The normalized spacial score (nSPS) is 17.7. The Bertz CT molecular complexity index is 358. The minimum Gasteiger partial charge on any atom is -0.315 e. The van der Waals surface area contributed by atoms with Crippen molar-refractivity contribution >= 4 is 11.3 Å². The van der Waals surface area contributed by atoms with Gasteiger partial charge in [0.15, 0.2) is 0 Å². The summed E-state index contributed by atoms with van der Waals surface area (Å²) in [6, 6.07) is 4.36. The molecule has 0 amide bonds. The Labute approximate surface area is 133 Å². The lowest BCUT2D eigenvalue weighted by atomic mass is 10.3. The fourth-order valence-electron chi connectivity index (χ4n) is 2.61. The highest BCUT2D eigenvalue weighted by Gasteiger charge is 2.15. The molecule has 1 aliphatic rings. The molecule has 21 heavy (non-hydrogen) atoms. The fourth-order valence-corrected chi connectivity index (χ4v) is 3.32. The molecule has 1 N–H and O–H groups in total. The van der Waals surface area contributed by atoms with Crippen LogP contribution < -0.4 is 5.32 Å². The minimum absolute atomic E-state index is 1.10. The highest BCUT2D eigenvalue weighted by atomic mass is 32.1. The van der Waals surface area contributed by atoms with E-state index in [-0.39, 0.29) is 0 Å². The van der Waals surface area contributed by atoms with Gasteiger partial charge in [-0.1, -0.05) is 6.07 Å². The zero-order valence-corrected chi connectivity index (χ0v) is 14.4. The minimum atomic E-state index is 1.10. The fraction of sp³-hybridized carbons (Fsp3) is 0.750. The van der Waals surface area contributed by atoms with Gasteiger partial charge in [0.05, 0.1) is 0 Å². The summed E-state index contributed by atoms with van der Waals surface area (Å²) in [5.74, 6) is 0. The van der Waals surface area contributed by atoms with Gasteiger partial charge in [-0.05, 0) is 32.0 Å². The van der Waals surface area contributed by atoms with Gasteiger partial charge in [-0.25, -0.2) is 0 Å². The van der Waals surface area contributed by atoms with E-state index in [0.29, 0.717) is 0 Å². The molecule has 1 aliphatic heterocycles. The predicted molar refractivity (Wildman–Crippen MR) is 92.3 cm³/mol. The third kappa shape index (κ3) is 6.89. The van der Waals surface area contributed by atoms with Crippen molar-refractivity contribution in [3.63, 3.8) is 0 Å². The Morgan fingerprint density at radius 1 is 1.10 bits per heavy atom. The number of nitrogens with zero attached hydrogens (tertiary/aromatic N) is 3. The topological polar surface area (TPSA) is 21.8 Å². The molecular formula is C16H30N4S. The number of likely N-dealkylation sites (N-methyl/N-ethyl adjacent to an activating group) is 1. The quantitative estimate of drug-likeness (QED) is 0.689. The van der Waals surface area contributed by atoms with Gasteiger partial charge in [-0.2, -0.15) is 0 Å². The molecule has 0 atom stereocenters. The predicted octanol–water partition coefficient (Wildman–Crippen LogP) is 1.06. The Hall–Kier alpha value is -0.460. The molecule has 2 rings (SSSR count). The number of hydrogen-bond donors (Lipinski definition) is 1. The lowest BCUT2D eigenvalue weighted by Gasteiger charge is -2.35. The van der Waals surface area contributed by atoms with Crippen LogP contribution in [0.15, 0.2) is 17.5 Å². The largest absolute Gasteiger partial charge is 0.315 e. The van der Waals surface area contributed by atoms with Gasteiger partial charge in [0, 0.05) is 63.8 Å². The summed E-state index contributed by atoms with van der Waals surface area (Å²) >= 11 is 1.86. The second kappa shape index (κ2) is 9.54. The van der Waals surface area contributed by atoms with Crippen molar-refractivity contribution in [2.24, 2.45) is 0 Å². The zero-order valence-electron chi connectivity index (χ0n) is 13.6. The van der Waals surface area contributed by atoms with Gasteiger partial charge in [0.1, 0.15) is 0 Å². The van der Waals surface area contributed by atoms with Crippen LogP contribution in [-0.2, 0) is 6.42 Å². The first-order valence-corrected chi connectivity index (χ1v) is 8.94. The van der Waals surface area contributed by atoms with E-state index < -0.39 is 0 Å². The molecule has 0 spiro atoms. The molecule has 1 aromatic heterocycles. The maximum Gasteiger partial charge on any atom is 0.0110 e. The smallest absolute Gasteiger partial charge is 0.0110 e. The van der Waals surface area contributed by atoms with Gasteiger partial charge in [0.25, 0.3) is 0 Å². The number of piperazine rings is 1. The second-order valence-corrected chi connectivity index (χ2v) is 7.10. The molecule has 120 valence electrons. The molecule has 5 heteroatoms. The Morgan fingerprint density at radius 3 is 2.43 bits per heavy atom. The molecule has 1 fully saturated rings. The zero-order chi connectivity index (χ0) is 14.9. The monoisotopic (exact) mass is 310 g/mol. The highest BCUT2D eigenvalue weighted by molar-refractivity contribution is 7.09. The third-order valence-corrected chi connectivity index (χ3v) is 5.00. The summed E-state index contributed by atoms with van der Waals surface area (Å²) in [4.78, 5) is 8.92. The summed E-state index contributed by atoms with van der Waals surface area (Å²) in [5.41, 5.74) is 0. The van der Waals surface area contributed by atoms with E-state index in [9.17, 15) is 0 Å². The van der Waals surface area contributed by atoms with Crippen molar-refractivity contribution in [2.75, 3.05) is 73.0 Å². The van der Waals surface area contributed by atoms with Crippen molar-refractivity contribution in [3.05, 3.63) is 22.4 Å². The van der Waals surface area contributed by atoms with Crippen LogP contribution >= 0.6 is 11.3 Å². The van der Waals surface area contributed by atoms with Crippen LogP contribution in [0.4, 0.5) is 0 Å². The summed E-state index contributed by atoms with van der Waals surface area (Å²) in [6.07, 6.45) is 1.16. The summed E-state index contributed by atoms with van der Waals surface area (Å²) in [6.45, 7) is 10.7. The van der Waals surface area contributed by atoms with E-state index in [4.69, 9.17) is 0 Å². The molecule has 0 radical (unpaired) electrons.